The van der Waals surface area contributed by atoms with Crippen LogP contribution in [0.3, 0.4) is 0 Å². The minimum atomic E-state index is -1.13. The first-order chi connectivity index (χ1) is 22.7. The number of nitrogens with zero attached hydrogens (tertiary/aromatic N) is 2. The molecule has 0 aliphatic carbocycles. The highest BCUT2D eigenvalue weighted by atomic mass is 35.5. The molecule has 3 aromatic rings. The molecular weight excluding hydrogens is 640 g/mol. The Bertz CT molecular complexity index is 1540. The number of benzene rings is 3. The Labute approximate surface area is 285 Å². The van der Waals surface area contributed by atoms with Crippen molar-refractivity contribution in [2.45, 2.75) is 56.8 Å². The molecule has 2 fully saturated rings. The second-order valence-corrected chi connectivity index (χ2v) is 12.3. The van der Waals surface area contributed by atoms with Gasteiger partial charge in [-0.1, -0.05) is 73.7 Å². The number of amides is 4. The summed E-state index contributed by atoms with van der Waals surface area (Å²) in [6.07, 6.45) is 1.04. The van der Waals surface area contributed by atoms with Crippen molar-refractivity contribution in [2.24, 2.45) is 5.92 Å². The molecule has 0 radical (unpaired) electrons. The predicted octanol–water partition coefficient (Wildman–Crippen LogP) is 3.77. The lowest BCUT2D eigenvalue weighted by atomic mass is 9.98. The number of rotatable bonds is 10. The number of halogens is 3. The van der Waals surface area contributed by atoms with E-state index in [0.717, 1.165) is 23.3 Å². The van der Waals surface area contributed by atoms with Crippen molar-refractivity contribution in [3.63, 3.8) is 0 Å². The summed E-state index contributed by atoms with van der Waals surface area (Å²) in [6.45, 7) is 2.19. The molecule has 0 spiro atoms. The lowest BCUT2D eigenvalue weighted by Crippen LogP contribution is -2.62. The number of carbonyl (C=O) groups excluding carboxylic acids is 4. The second kappa shape index (κ2) is 16.7. The van der Waals surface area contributed by atoms with Gasteiger partial charge in [0.05, 0.1) is 12.5 Å². The first-order valence-electron chi connectivity index (χ1n) is 16.0. The van der Waals surface area contributed by atoms with E-state index in [1.165, 1.54) is 11.0 Å². The van der Waals surface area contributed by atoms with Crippen molar-refractivity contribution in [1.82, 2.24) is 25.8 Å². The maximum absolute atomic E-state index is 14.4. The minimum absolute atomic E-state index is 0. The van der Waals surface area contributed by atoms with Gasteiger partial charge in [0.2, 0.25) is 23.6 Å². The lowest BCUT2D eigenvalue weighted by Gasteiger charge is -2.39. The molecule has 2 aliphatic heterocycles. The molecule has 4 amide bonds. The molecule has 0 saturated carbocycles. The molecule has 0 unspecified atom stereocenters. The van der Waals surface area contributed by atoms with Crippen LogP contribution in [-0.2, 0) is 25.6 Å². The van der Waals surface area contributed by atoms with Crippen LogP contribution in [-0.4, -0.2) is 78.2 Å². The van der Waals surface area contributed by atoms with Gasteiger partial charge in [0, 0.05) is 37.7 Å². The van der Waals surface area contributed by atoms with E-state index in [0.29, 0.717) is 25.8 Å². The maximum atomic E-state index is 14.4. The van der Waals surface area contributed by atoms with Crippen molar-refractivity contribution in [3.05, 3.63) is 107 Å². The first kappa shape index (κ1) is 36.5. The van der Waals surface area contributed by atoms with E-state index in [1.54, 1.807) is 18.9 Å². The van der Waals surface area contributed by atoms with Crippen LogP contribution < -0.4 is 16.0 Å². The van der Waals surface area contributed by atoms with Gasteiger partial charge in [0.25, 0.3) is 0 Å². The molecule has 0 bridgehead atoms. The fraction of sp³-hybridized carbons (Fsp3) is 0.389. The molecule has 0 aromatic heterocycles. The number of hydrogen-bond acceptors (Lipinski definition) is 5. The zero-order chi connectivity index (χ0) is 33.5. The Hall–Kier alpha value is -4.35. The Morgan fingerprint density at radius 3 is 2.17 bits per heavy atom. The molecule has 5 rings (SSSR count). The van der Waals surface area contributed by atoms with Crippen LogP contribution in [0.25, 0.3) is 0 Å². The molecular formula is C36H42ClF2N5O4. The summed E-state index contributed by atoms with van der Waals surface area (Å²) in [7, 11) is 1.72. The van der Waals surface area contributed by atoms with Gasteiger partial charge in [-0.15, -0.1) is 12.4 Å². The zero-order valence-electron chi connectivity index (χ0n) is 27.0. The van der Waals surface area contributed by atoms with E-state index in [4.69, 9.17) is 0 Å². The SMILES string of the molecule is CNC[C@@H](C)C(=O)N[C@H]1CN(C(=O)Cc2ccc(F)cc2F)CC[C@H]2CC[C@@H](C(=O)NC(c3ccccc3)c3ccccc3)N2C1=O.Cl. The summed E-state index contributed by atoms with van der Waals surface area (Å²) < 4.78 is 27.9. The van der Waals surface area contributed by atoms with E-state index in [-0.39, 0.29) is 55.3 Å². The van der Waals surface area contributed by atoms with Crippen LogP contribution in [0.15, 0.2) is 78.9 Å². The lowest BCUT2D eigenvalue weighted by molar-refractivity contribution is -0.147. The third-order valence-electron chi connectivity index (χ3n) is 9.03. The normalized spacial score (nSPS) is 19.9. The van der Waals surface area contributed by atoms with Gasteiger partial charge in [-0.2, -0.15) is 0 Å². The third-order valence-corrected chi connectivity index (χ3v) is 9.03. The molecule has 3 N–H and O–H groups in total. The molecule has 48 heavy (non-hydrogen) atoms. The molecule has 2 aliphatic rings. The molecule has 9 nitrogen and oxygen atoms in total. The summed E-state index contributed by atoms with van der Waals surface area (Å²) >= 11 is 0. The first-order valence-corrected chi connectivity index (χ1v) is 16.0. The van der Waals surface area contributed by atoms with Crippen molar-refractivity contribution >= 4 is 36.0 Å². The molecule has 2 heterocycles. The van der Waals surface area contributed by atoms with Gasteiger partial charge in [0.15, 0.2) is 0 Å². The highest BCUT2D eigenvalue weighted by Gasteiger charge is 2.46. The number of fused-ring (bicyclic) bond motifs is 1. The highest BCUT2D eigenvalue weighted by molar-refractivity contribution is 5.94. The van der Waals surface area contributed by atoms with Crippen LogP contribution in [0.1, 0.15) is 48.9 Å². The average Bonchev–Trinajstić information content (AvgIpc) is 3.49. The standard InChI is InChI=1S/C36H41F2N5O4.ClH/c1-23(21-39-2)34(45)40-30-22-42(32(44)19-26-13-14-27(37)20-29(26)38)18-17-28-15-16-31(43(28)36(30)47)35(46)41-33(24-9-5-3-6-10-24)25-11-7-4-8-12-25;/h3-14,20,23,28,30-31,33,39H,15-19,21-22H2,1-2H3,(H,40,45)(H,41,46);1H/t23-,28-,30+,31+;/m1./s1. The van der Waals surface area contributed by atoms with Crippen molar-refractivity contribution < 1.29 is 28.0 Å². The molecule has 4 atom stereocenters. The largest absolute Gasteiger partial charge is 0.343 e. The molecule has 3 aromatic carbocycles. The van der Waals surface area contributed by atoms with Gasteiger partial charge < -0.3 is 25.8 Å². The summed E-state index contributed by atoms with van der Waals surface area (Å²) in [5, 5.41) is 8.96. The number of carbonyl (C=O) groups is 4. The van der Waals surface area contributed by atoms with E-state index in [9.17, 15) is 28.0 Å². The summed E-state index contributed by atoms with van der Waals surface area (Å²) in [4.78, 5) is 58.0. The van der Waals surface area contributed by atoms with Gasteiger partial charge in [0.1, 0.15) is 23.7 Å². The second-order valence-electron chi connectivity index (χ2n) is 12.3. The van der Waals surface area contributed by atoms with Gasteiger partial charge >= 0.3 is 0 Å². The van der Waals surface area contributed by atoms with E-state index in [2.05, 4.69) is 16.0 Å². The van der Waals surface area contributed by atoms with Crippen molar-refractivity contribution in [3.8, 4) is 0 Å². The third kappa shape index (κ3) is 8.56. The Kier molecular flexibility index (Phi) is 12.7. The predicted molar refractivity (Wildman–Crippen MR) is 180 cm³/mol. The highest BCUT2D eigenvalue weighted by Crippen LogP contribution is 2.31. The Morgan fingerprint density at radius 2 is 1.56 bits per heavy atom. The number of nitrogens with one attached hydrogen (secondary N) is 3. The van der Waals surface area contributed by atoms with Crippen LogP contribution in [0.4, 0.5) is 8.78 Å². The van der Waals surface area contributed by atoms with Crippen molar-refractivity contribution in [2.75, 3.05) is 26.7 Å². The smallest absolute Gasteiger partial charge is 0.247 e. The van der Waals surface area contributed by atoms with Gasteiger partial charge in [-0.25, -0.2) is 8.78 Å². The topological polar surface area (TPSA) is 111 Å². The number of hydrogen-bond donors (Lipinski definition) is 3. The maximum Gasteiger partial charge on any atom is 0.247 e. The Morgan fingerprint density at radius 1 is 0.917 bits per heavy atom. The van der Waals surface area contributed by atoms with Crippen molar-refractivity contribution in [1.29, 1.82) is 0 Å². The van der Waals surface area contributed by atoms with Crippen LogP contribution in [0.5, 0.6) is 0 Å². The summed E-state index contributed by atoms with van der Waals surface area (Å²) in [5.41, 5.74) is 1.84. The van der Waals surface area contributed by atoms with E-state index in [1.807, 2.05) is 60.7 Å². The quantitative estimate of drug-likeness (QED) is 0.302. The van der Waals surface area contributed by atoms with Crippen LogP contribution in [0.2, 0.25) is 0 Å². The monoisotopic (exact) mass is 681 g/mol. The summed E-state index contributed by atoms with van der Waals surface area (Å²) in [6, 6.07) is 19.6. The molecule has 12 heteroatoms. The average molecular weight is 682 g/mol. The van der Waals surface area contributed by atoms with Gasteiger partial charge in [-0.3, -0.25) is 19.2 Å². The fourth-order valence-electron chi connectivity index (χ4n) is 6.51. The van der Waals surface area contributed by atoms with E-state index >= 15 is 0 Å². The van der Waals surface area contributed by atoms with Gasteiger partial charge in [-0.05, 0) is 49.1 Å². The minimum Gasteiger partial charge on any atom is -0.343 e. The molecule has 2 saturated heterocycles. The van der Waals surface area contributed by atoms with Crippen LogP contribution in [0, 0.1) is 17.6 Å². The fourth-order valence-corrected chi connectivity index (χ4v) is 6.51. The Balaban J connectivity index is 0.00000520. The zero-order valence-corrected chi connectivity index (χ0v) is 27.9. The summed E-state index contributed by atoms with van der Waals surface area (Å²) in [5.74, 6) is -3.60. The van der Waals surface area contributed by atoms with Crippen LogP contribution >= 0.6 is 12.4 Å². The van der Waals surface area contributed by atoms with E-state index < -0.39 is 47.5 Å². The molecule has 256 valence electrons.